The van der Waals surface area contributed by atoms with Crippen molar-refractivity contribution in [1.82, 2.24) is 20.6 Å². The number of aromatic nitrogens is 2. The number of carboxylic acid groups (broad SMARTS) is 1. The highest BCUT2D eigenvalue weighted by molar-refractivity contribution is 6.02. The number of hydrogen-bond donors (Lipinski definition) is 4. The predicted molar refractivity (Wildman–Crippen MR) is 65.8 cm³/mol. The number of nitrogens with one attached hydrogen (secondary N) is 3. The Kier molecular flexibility index (Phi) is 5.52. The van der Waals surface area contributed by atoms with Gasteiger partial charge in [-0.1, -0.05) is 6.92 Å². The summed E-state index contributed by atoms with van der Waals surface area (Å²) in [5, 5.41) is 13.9. The predicted octanol–water partition coefficient (Wildman–Crippen LogP) is -0.246. The molecule has 0 spiro atoms. The monoisotopic (exact) mass is 268 g/mol. The molecule has 1 rings (SSSR count). The molecule has 0 aliphatic carbocycles. The van der Waals surface area contributed by atoms with Crippen LogP contribution in [0.4, 0.5) is 0 Å². The van der Waals surface area contributed by atoms with Crippen molar-refractivity contribution in [3.8, 4) is 0 Å². The first-order valence-corrected chi connectivity index (χ1v) is 5.87. The van der Waals surface area contributed by atoms with E-state index in [0.717, 1.165) is 12.7 Å². The van der Waals surface area contributed by atoms with E-state index >= 15 is 0 Å². The van der Waals surface area contributed by atoms with Gasteiger partial charge in [0.1, 0.15) is 0 Å². The van der Waals surface area contributed by atoms with Crippen LogP contribution in [0.1, 0.15) is 40.7 Å². The molecule has 104 valence electrons. The first-order chi connectivity index (χ1) is 9.06. The van der Waals surface area contributed by atoms with Crippen LogP contribution in [0.5, 0.6) is 0 Å². The van der Waals surface area contributed by atoms with Gasteiger partial charge in [-0.2, -0.15) is 0 Å². The maximum absolute atomic E-state index is 11.6. The molecule has 1 aromatic heterocycles. The van der Waals surface area contributed by atoms with Gasteiger partial charge in [0.15, 0.2) is 11.4 Å². The van der Waals surface area contributed by atoms with Gasteiger partial charge in [0.25, 0.3) is 5.91 Å². The Morgan fingerprint density at radius 1 is 1.32 bits per heavy atom. The summed E-state index contributed by atoms with van der Waals surface area (Å²) in [5.74, 6) is -2.05. The average Bonchev–Trinajstić information content (AvgIpc) is 2.85. The lowest BCUT2D eigenvalue weighted by Gasteiger charge is -2.05. The van der Waals surface area contributed by atoms with E-state index in [-0.39, 0.29) is 30.3 Å². The van der Waals surface area contributed by atoms with Crippen molar-refractivity contribution in [3.63, 3.8) is 0 Å². The second-order valence-corrected chi connectivity index (χ2v) is 3.79. The van der Waals surface area contributed by atoms with Crippen LogP contribution in [-0.2, 0) is 4.79 Å². The molecule has 4 N–H and O–H groups in total. The van der Waals surface area contributed by atoms with E-state index in [1.807, 2.05) is 6.92 Å². The minimum atomic E-state index is -1.26. The van der Waals surface area contributed by atoms with Crippen LogP contribution in [0.2, 0.25) is 0 Å². The van der Waals surface area contributed by atoms with Crippen LogP contribution < -0.4 is 10.6 Å². The zero-order valence-corrected chi connectivity index (χ0v) is 10.5. The highest BCUT2D eigenvalue weighted by Gasteiger charge is 2.19. The van der Waals surface area contributed by atoms with Gasteiger partial charge in [-0.15, -0.1) is 0 Å². The second kappa shape index (κ2) is 7.14. The number of nitrogens with zero attached hydrogens (tertiary/aromatic N) is 1. The molecule has 0 saturated heterocycles. The van der Waals surface area contributed by atoms with Gasteiger partial charge in [0.2, 0.25) is 5.91 Å². The summed E-state index contributed by atoms with van der Waals surface area (Å²) >= 11 is 0. The van der Waals surface area contributed by atoms with Crippen LogP contribution in [-0.4, -0.2) is 45.9 Å². The Hall–Kier alpha value is -2.38. The average molecular weight is 268 g/mol. The van der Waals surface area contributed by atoms with Gasteiger partial charge < -0.3 is 20.7 Å². The summed E-state index contributed by atoms with van der Waals surface area (Å²) in [6.07, 6.45) is 2.11. The van der Waals surface area contributed by atoms with Gasteiger partial charge in [-0.25, -0.2) is 9.78 Å². The standard InChI is InChI=1S/C11H16N4O4/c1-2-4-12-7(16)3-5-13-10(17)8-9(11(18)19)15-6-14-8/h6H,2-5H2,1H3,(H,12,16)(H,13,17)(H,14,15)(H,18,19). The van der Waals surface area contributed by atoms with E-state index in [2.05, 4.69) is 20.6 Å². The minimum absolute atomic E-state index is 0.125. The second-order valence-electron chi connectivity index (χ2n) is 3.79. The minimum Gasteiger partial charge on any atom is -0.477 e. The molecule has 0 aliphatic heterocycles. The lowest BCUT2D eigenvalue weighted by Crippen LogP contribution is -2.31. The molecule has 2 amide bonds. The first-order valence-electron chi connectivity index (χ1n) is 5.87. The maximum atomic E-state index is 11.6. The molecule has 0 fully saturated rings. The van der Waals surface area contributed by atoms with Crippen molar-refractivity contribution in [2.24, 2.45) is 0 Å². The molecule has 0 radical (unpaired) electrons. The Morgan fingerprint density at radius 2 is 2.05 bits per heavy atom. The van der Waals surface area contributed by atoms with Crippen LogP contribution in [0.3, 0.4) is 0 Å². The summed E-state index contributed by atoms with van der Waals surface area (Å²) in [4.78, 5) is 39.7. The SMILES string of the molecule is CCCNC(=O)CCNC(=O)c1nc[nH]c1C(=O)O. The van der Waals surface area contributed by atoms with Crippen molar-refractivity contribution in [1.29, 1.82) is 0 Å². The van der Waals surface area contributed by atoms with Gasteiger partial charge in [0, 0.05) is 19.5 Å². The molecule has 8 heteroatoms. The smallest absolute Gasteiger partial charge is 0.354 e. The Bertz CT molecular complexity index is 469. The van der Waals surface area contributed by atoms with E-state index in [1.54, 1.807) is 0 Å². The fourth-order valence-electron chi connectivity index (χ4n) is 1.36. The number of H-pyrrole nitrogens is 1. The van der Waals surface area contributed by atoms with Crippen molar-refractivity contribution < 1.29 is 19.5 Å². The summed E-state index contributed by atoms with van der Waals surface area (Å²) in [6, 6.07) is 0. The molecule has 0 bridgehead atoms. The Balaban J connectivity index is 2.41. The number of aromatic amines is 1. The van der Waals surface area contributed by atoms with E-state index in [1.165, 1.54) is 0 Å². The van der Waals surface area contributed by atoms with E-state index in [4.69, 9.17) is 5.11 Å². The van der Waals surface area contributed by atoms with E-state index in [0.29, 0.717) is 6.54 Å². The van der Waals surface area contributed by atoms with Crippen molar-refractivity contribution >= 4 is 17.8 Å². The molecule has 19 heavy (non-hydrogen) atoms. The summed E-state index contributed by atoms with van der Waals surface area (Å²) in [7, 11) is 0. The van der Waals surface area contributed by atoms with E-state index < -0.39 is 11.9 Å². The summed E-state index contributed by atoms with van der Waals surface area (Å²) in [6.45, 7) is 2.66. The topological polar surface area (TPSA) is 124 Å². The van der Waals surface area contributed by atoms with Gasteiger partial charge in [-0.3, -0.25) is 9.59 Å². The Morgan fingerprint density at radius 3 is 2.68 bits per heavy atom. The largest absolute Gasteiger partial charge is 0.477 e. The van der Waals surface area contributed by atoms with Crippen molar-refractivity contribution in [2.75, 3.05) is 13.1 Å². The van der Waals surface area contributed by atoms with Crippen LogP contribution in [0, 0.1) is 0 Å². The van der Waals surface area contributed by atoms with Gasteiger partial charge in [0.05, 0.1) is 6.33 Å². The summed E-state index contributed by atoms with van der Waals surface area (Å²) in [5.41, 5.74) is -0.464. The normalized spacial score (nSPS) is 9.95. The molecular weight excluding hydrogens is 252 g/mol. The zero-order valence-electron chi connectivity index (χ0n) is 10.5. The van der Waals surface area contributed by atoms with Gasteiger partial charge >= 0.3 is 5.97 Å². The fraction of sp³-hybridized carbons (Fsp3) is 0.455. The number of hydrogen-bond acceptors (Lipinski definition) is 4. The number of carbonyl (C=O) groups is 3. The number of rotatable bonds is 7. The third kappa shape index (κ3) is 4.41. The fourth-order valence-corrected chi connectivity index (χ4v) is 1.36. The molecule has 0 aliphatic rings. The molecular formula is C11H16N4O4. The summed E-state index contributed by atoms with van der Waals surface area (Å²) < 4.78 is 0. The Labute approximate surface area is 109 Å². The van der Waals surface area contributed by atoms with Crippen molar-refractivity contribution in [3.05, 3.63) is 17.7 Å². The van der Waals surface area contributed by atoms with Crippen LogP contribution >= 0.6 is 0 Å². The molecule has 1 heterocycles. The number of carbonyl (C=O) groups excluding carboxylic acids is 2. The van der Waals surface area contributed by atoms with Crippen LogP contribution in [0.25, 0.3) is 0 Å². The highest BCUT2D eigenvalue weighted by Crippen LogP contribution is 2.02. The third-order valence-corrected chi connectivity index (χ3v) is 2.28. The number of carboxylic acids is 1. The quantitative estimate of drug-likeness (QED) is 0.543. The molecule has 8 nitrogen and oxygen atoms in total. The molecule has 0 unspecified atom stereocenters. The number of amides is 2. The van der Waals surface area contributed by atoms with Crippen LogP contribution in [0.15, 0.2) is 6.33 Å². The highest BCUT2D eigenvalue weighted by atomic mass is 16.4. The molecule has 0 saturated carbocycles. The van der Waals surface area contributed by atoms with E-state index in [9.17, 15) is 14.4 Å². The molecule has 0 aromatic carbocycles. The maximum Gasteiger partial charge on any atom is 0.354 e. The molecule has 1 aromatic rings. The lowest BCUT2D eigenvalue weighted by atomic mass is 10.3. The number of imidazole rings is 1. The number of aromatic carboxylic acids is 1. The molecule has 0 atom stereocenters. The first kappa shape index (κ1) is 14.7. The zero-order chi connectivity index (χ0) is 14.3. The van der Waals surface area contributed by atoms with Gasteiger partial charge in [-0.05, 0) is 6.42 Å². The van der Waals surface area contributed by atoms with Crippen molar-refractivity contribution in [2.45, 2.75) is 19.8 Å². The lowest BCUT2D eigenvalue weighted by molar-refractivity contribution is -0.120. The third-order valence-electron chi connectivity index (χ3n) is 2.28.